The third kappa shape index (κ3) is 5.48. The first-order valence-corrected chi connectivity index (χ1v) is 7.72. The van der Waals surface area contributed by atoms with Crippen LogP contribution in [0.25, 0.3) is 10.8 Å². The van der Waals surface area contributed by atoms with Crippen LogP contribution in [0.5, 0.6) is 5.75 Å². The molecule has 0 aromatic heterocycles. The molecular formula is C18H17F3O4. The Hall–Kier alpha value is -2.57. The first-order valence-electron chi connectivity index (χ1n) is 7.72. The minimum Gasteiger partial charge on any atom is -0.453 e. The molecule has 0 N–H and O–H groups in total. The third-order valence-electron chi connectivity index (χ3n) is 3.50. The van der Waals surface area contributed by atoms with Crippen LogP contribution in [0, 0.1) is 0 Å². The molecule has 0 aliphatic heterocycles. The molecule has 4 nitrogen and oxygen atoms in total. The van der Waals surface area contributed by atoms with Crippen LogP contribution < -0.4 is 4.74 Å². The molecule has 2 rings (SSSR count). The number of esters is 2. The molecule has 0 radical (unpaired) electrons. The van der Waals surface area contributed by atoms with Crippen LogP contribution >= 0.6 is 0 Å². The molecule has 0 amide bonds. The largest absolute Gasteiger partial charge is 0.453 e. The van der Waals surface area contributed by atoms with Gasteiger partial charge >= 0.3 is 18.1 Å². The van der Waals surface area contributed by atoms with Crippen LogP contribution in [-0.4, -0.2) is 24.2 Å². The Labute approximate surface area is 142 Å². The molecule has 25 heavy (non-hydrogen) atoms. The molecule has 1 unspecified atom stereocenters. The van der Waals surface area contributed by atoms with Crippen molar-refractivity contribution in [2.45, 2.75) is 38.5 Å². The SMILES string of the molecule is CC(OC(=O)CCCC(=O)Oc1cccc2ccccc12)C(F)(F)F. The van der Waals surface area contributed by atoms with E-state index in [0.29, 0.717) is 5.75 Å². The lowest BCUT2D eigenvalue weighted by Gasteiger charge is -2.16. The van der Waals surface area contributed by atoms with E-state index in [1.165, 1.54) is 0 Å². The van der Waals surface area contributed by atoms with Crippen LogP contribution in [0.3, 0.4) is 0 Å². The van der Waals surface area contributed by atoms with Crippen molar-refractivity contribution in [1.29, 1.82) is 0 Å². The van der Waals surface area contributed by atoms with Gasteiger partial charge in [0.25, 0.3) is 0 Å². The molecule has 0 saturated carbocycles. The molecule has 2 aromatic rings. The molecule has 0 fully saturated rings. The topological polar surface area (TPSA) is 52.6 Å². The average Bonchev–Trinajstić information content (AvgIpc) is 2.54. The zero-order chi connectivity index (χ0) is 18.4. The quantitative estimate of drug-likeness (QED) is 0.570. The number of carbonyl (C=O) groups is 2. The smallest absolute Gasteiger partial charge is 0.425 e. The number of fused-ring (bicyclic) bond motifs is 1. The van der Waals surface area contributed by atoms with E-state index < -0.39 is 24.2 Å². The van der Waals surface area contributed by atoms with Gasteiger partial charge < -0.3 is 9.47 Å². The summed E-state index contributed by atoms with van der Waals surface area (Å²) >= 11 is 0. The summed E-state index contributed by atoms with van der Waals surface area (Å²) in [4.78, 5) is 23.2. The van der Waals surface area contributed by atoms with Gasteiger partial charge in [-0.2, -0.15) is 13.2 Å². The molecule has 7 heteroatoms. The van der Waals surface area contributed by atoms with Crippen LogP contribution in [0.15, 0.2) is 42.5 Å². The minimum absolute atomic E-state index is 0.0486. The monoisotopic (exact) mass is 354 g/mol. The van der Waals surface area contributed by atoms with Gasteiger partial charge in [0, 0.05) is 18.2 Å². The summed E-state index contributed by atoms with van der Waals surface area (Å²) < 4.78 is 46.4. The first kappa shape index (κ1) is 18.8. The van der Waals surface area contributed by atoms with Crippen molar-refractivity contribution in [2.75, 3.05) is 0 Å². The number of halogens is 3. The maximum absolute atomic E-state index is 12.3. The van der Waals surface area contributed by atoms with E-state index in [2.05, 4.69) is 4.74 Å². The van der Waals surface area contributed by atoms with Crippen LogP contribution in [0.1, 0.15) is 26.2 Å². The van der Waals surface area contributed by atoms with Gasteiger partial charge in [0.15, 0.2) is 6.10 Å². The second-order valence-corrected chi connectivity index (χ2v) is 5.48. The van der Waals surface area contributed by atoms with Gasteiger partial charge in [0.05, 0.1) is 0 Å². The summed E-state index contributed by atoms with van der Waals surface area (Å²) in [6, 6.07) is 12.7. The van der Waals surface area contributed by atoms with Gasteiger partial charge in [0.2, 0.25) is 0 Å². The summed E-state index contributed by atoms with van der Waals surface area (Å²) in [7, 11) is 0. The lowest BCUT2D eigenvalue weighted by Crippen LogP contribution is -2.30. The Kier molecular flexibility index (Phi) is 6.01. The van der Waals surface area contributed by atoms with Crippen molar-refractivity contribution in [3.05, 3.63) is 42.5 Å². The molecule has 0 bridgehead atoms. The van der Waals surface area contributed by atoms with E-state index in [9.17, 15) is 22.8 Å². The second kappa shape index (κ2) is 8.00. The van der Waals surface area contributed by atoms with Crippen molar-refractivity contribution in [3.8, 4) is 5.75 Å². The highest BCUT2D eigenvalue weighted by atomic mass is 19.4. The van der Waals surface area contributed by atoms with Crippen molar-refractivity contribution < 1.29 is 32.2 Å². The van der Waals surface area contributed by atoms with E-state index in [-0.39, 0.29) is 19.3 Å². The fourth-order valence-corrected chi connectivity index (χ4v) is 2.16. The maximum Gasteiger partial charge on any atom is 0.425 e. The van der Waals surface area contributed by atoms with Crippen molar-refractivity contribution in [3.63, 3.8) is 0 Å². The predicted molar refractivity (Wildman–Crippen MR) is 85.0 cm³/mol. The number of rotatable bonds is 6. The van der Waals surface area contributed by atoms with E-state index in [4.69, 9.17) is 4.74 Å². The Morgan fingerprint density at radius 2 is 1.64 bits per heavy atom. The summed E-state index contributed by atoms with van der Waals surface area (Å²) in [6.45, 7) is 0.757. The van der Waals surface area contributed by atoms with Crippen LogP contribution in [0.2, 0.25) is 0 Å². The summed E-state index contributed by atoms with van der Waals surface area (Å²) in [5.74, 6) is -1.16. The third-order valence-corrected chi connectivity index (χ3v) is 3.50. The van der Waals surface area contributed by atoms with E-state index in [1.807, 2.05) is 30.3 Å². The van der Waals surface area contributed by atoms with Gasteiger partial charge in [-0.15, -0.1) is 0 Å². The minimum atomic E-state index is -4.59. The zero-order valence-corrected chi connectivity index (χ0v) is 13.5. The number of carbonyl (C=O) groups excluding carboxylic acids is 2. The van der Waals surface area contributed by atoms with Crippen molar-refractivity contribution >= 4 is 22.7 Å². The molecule has 134 valence electrons. The molecule has 0 aliphatic rings. The average molecular weight is 354 g/mol. The van der Waals surface area contributed by atoms with Crippen LogP contribution in [0.4, 0.5) is 13.2 Å². The van der Waals surface area contributed by atoms with Gasteiger partial charge in [0.1, 0.15) is 5.75 Å². The van der Waals surface area contributed by atoms with Gasteiger partial charge in [-0.25, -0.2) is 0 Å². The van der Waals surface area contributed by atoms with Gasteiger partial charge in [-0.05, 0) is 24.8 Å². The Morgan fingerprint density at radius 1 is 1.00 bits per heavy atom. The summed E-state index contributed by atoms with van der Waals surface area (Å²) in [6.07, 6.45) is -7.10. The fraction of sp³-hybridized carbons (Fsp3) is 0.333. The number of alkyl halides is 3. The molecule has 0 saturated heterocycles. The highest BCUT2D eigenvalue weighted by molar-refractivity contribution is 5.90. The molecular weight excluding hydrogens is 337 g/mol. The maximum atomic E-state index is 12.3. The Morgan fingerprint density at radius 3 is 2.36 bits per heavy atom. The van der Waals surface area contributed by atoms with Crippen LogP contribution in [-0.2, 0) is 14.3 Å². The summed E-state index contributed by atoms with van der Waals surface area (Å²) in [5, 5.41) is 1.69. The standard InChI is InChI=1S/C18H17F3O4/c1-12(18(19,20)21)24-16(22)10-5-11-17(23)25-15-9-4-7-13-6-2-3-8-14(13)15/h2-4,6-9,12H,5,10-11H2,1H3. The number of hydrogen-bond donors (Lipinski definition) is 0. The molecule has 1 atom stereocenters. The second-order valence-electron chi connectivity index (χ2n) is 5.48. The van der Waals surface area contributed by atoms with Gasteiger partial charge in [-0.1, -0.05) is 36.4 Å². The normalized spacial score (nSPS) is 12.6. The van der Waals surface area contributed by atoms with E-state index in [1.54, 1.807) is 12.1 Å². The highest BCUT2D eigenvalue weighted by Gasteiger charge is 2.38. The Bertz CT molecular complexity index is 750. The zero-order valence-electron chi connectivity index (χ0n) is 13.5. The van der Waals surface area contributed by atoms with Gasteiger partial charge in [-0.3, -0.25) is 9.59 Å². The van der Waals surface area contributed by atoms with E-state index in [0.717, 1.165) is 17.7 Å². The first-order chi connectivity index (χ1) is 11.8. The van der Waals surface area contributed by atoms with Crippen molar-refractivity contribution in [1.82, 2.24) is 0 Å². The Balaban J connectivity index is 1.82. The van der Waals surface area contributed by atoms with E-state index >= 15 is 0 Å². The lowest BCUT2D eigenvalue weighted by atomic mass is 10.1. The summed E-state index contributed by atoms with van der Waals surface area (Å²) in [5.41, 5.74) is 0. The highest BCUT2D eigenvalue weighted by Crippen LogP contribution is 2.26. The fourth-order valence-electron chi connectivity index (χ4n) is 2.16. The lowest BCUT2D eigenvalue weighted by molar-refractivity contribution is -0.216. The number of hydrogen-bond acceptors (Lipinski definition) is 4. The number of ether oxygens (including phenoxy) is 2. The predicted octanol–water partition coefficient (Wildman–Crippen LogP) is 4.41. The molecule has 2 aromatic carbocycles. The molecule has 0 aliphatic carbocycles. The molecule has 0 spiro atoms. The molecule has 0 heterocycles. The number of benzene rings is 2. The van der Waals surface area contributed by atoms with Crippen molar-refractivity contribution in [2.24, 2.45) is 0 Å².